The van der Waals surface area contributed by atoms with Crippen LogP contribution >= 0.6 is 0 Å². The molecule has 2 aromatic rings. The molecule has 0 spiro atoms. The Bertz CT molecular complexity index is 877. The molecule has 1 atom stereocenters. The van der Waals surface area contributed by atoms with Crippen molar-refractivity contribution < 1.29 is 14.1 Å². The van der Waals surface area contributed by atoms with Gasteiger partial charge in [-0.3, -0.25) is 4.21 Å². The molecule has 4 heteroatoms. The van der Waals surface area contributed by atoms with E-state index >= 15 is 0 Å². The third-order valence-corrected chi connectivity index (χ3v) is 6.28. The van der Waals surface area contributed by atoms with E-state index in [-0.39, 0.29) is 11.0 Å². The van der Waals surface area contributed by atoms with Gasteiger partial charge in [0.25, 0.3) is 0 Å². The van der Waals surface area contributed by atoms with Crippen LogP contribution in [0.3, 0.4) is 0 Å². The van der Waals surface area contributed by atoms with Crippen molar-refractivity contribution in [2.45, 2.75) is 37.5 Å². The van der Waals surface area contributed by atoms with Crippen molar-refractivity contribution in [3.8, 4) is 0 Å². The Hall–Kier alpha value is -2.20. The molecule has 0 bridgehead atoms. The van der Waals surface area contributed by atoms with Crippen LogP contribution in [0.4, 0.5) is 0 Å². The second kappa shape index (κ2) is 6.60. The van der Waals surface area contributed by atoms with Crippen LogP contribution in [0.5, 0.6) is 0 Å². The molecule has 0 aliphatic carbocycles. The van der Waals surface area contributed by atoms with E-state index in [0.717, 1.165) is 33.8 Å². The second-order valence-electron chi connectivity index (χ2n) is 7.15. The monoisotopic (exact) mass is 354 g/mol. The van der Waals surface area contributed by atoms with Crippen LogP contribution in [0.2, 0.25) is 0 Å². The number of allylic oxidation sites excluding steroid dienone is 1. The maximum Gasteiger partial charge on any atom is 0.335 e. The number of carbonyl (C=O) groups is 1. The topological polar surface area (TPSA) is 54.4 Å². The van der Waals surface area contributed by atoms with Crippen molar-refractivity contribution in [3.63, 3.8) is 0 Å². The lowest BCUT2D eigenvalue weighted by atomic mass is 9.80. The summed E-state index contributed by atoms with van der Waals surface area (Å²) in [7, 11) is -0.903. The number of carboxylic acid groups (broad SMARTS) is 1. The fourth-order valence-corrected chi connectivity index (χ4v) is 4.87. The molecular weight excluding hydrogens is 332 g/mol. The van der Waals surface area contributed by atoms with Gasteiger partial charge in [-0.1, -0.05) is 38.1 Å². The minimum atomic E-state index is -0.919. The minimum absolute atomic E-state index is 0.0304. The van der Waals surface area contributed by atoms with Crippen LogP contribution in [0.15, 0.2) is 47.4 Å². The molecule has 3 rings (SSSR count). The molecule has 2 aromatic carbocycles. The summed E-state index contributed by atoms with van der Waals surface area (Å²) in [6, 6.07) is 13.0. The third-order valence-electron chi connectivity index (χ3n) is 4.86. The van der Waals surface area contributed by atoms with Crippen LogP contribution in [0.25, 0.3) is 11.6 Å². The molecule has 0 amide bonds. The van der Waals surface area contributed by atoms with Gasteiger partial charge in [-0.25, -0.2) is 4.79 Å². The van der Waals surface area contributed by atoms with Gasteiger partial charge in [0.05, 0.1) is 16.4 Å². The normalized spacial score (nSPS) is 19.3. The van der Waals surface area contributed by atoms with E-state index in [1.165, 1.54) is 5.56 Å². The summed E-state index contributed by atoms with van der Waals surface area (Å²) in [6.45, 7) is 6.45. The average molecular weight is 354 g/mol. The Morgan fingerprint density at radius 1 is 1.12 bits per heavy atom. The molecule has 130 valence electrons. The lowest BCUT2D eigenvalue weighted by molar-refractivity contribution is 0.0697. The number of rotatable bonds is 3. The highest BCUT2D eigenvalue weighted by Crippen LogP contribution is 2.38. The first-order chi connectivity index (χ1) is 11.8. The number of hydrogen-bond donors (Lipinski definition) is 1. The van der Waals surface area contributed by atoms with E-state index in [4.69, 9.17) is 5.11 Å². The maximum atomic E-state index is 12.3. The lowest BCUT2D eigenvalue weighted by Gasteiger charge is -2.32. The molecule has 1 N–H and O–H groups in total. The fourth-order valence-electron chi connectivity index (χ4n) is 3.15. The fraction of sp³-hybridized carbons (Fsp3) is 0.286. The van der Waals surface area contributed by atoms with Crippen molar-refractivity contribution in [1.82, 2.24) is 0 Å². The highest BCUT2D eigenvalue weighted by Gasteiger charge is 2.31. The Balaban J connectivity index is 1.96. The number of hydrogen-bond acceptors (Lipinski definition) is 2. The minimum Gasteiger partial charge on any atom is -0.478 e. The summed E-state index contributed by atoms with van der Waals surface area (Å²) in [5.74, 6) is -0.193. The predicted molar refractivity (Wildman–Crippen MR) is 102 cm³/mol. The third kappa shape index (κ3) is 3.59. The first-order valence-corrected chi connectivity index (χ1v) is 9.65. The Morgan fingerprint density at radius 2 is 1.76 bits per heavy atom. The van der Waals surface area contributed by atoms with Gasteiger partial charge in [-0.2, -0.15) is 0 Å². The zero-order valence-electron chi connectivity index (χ0n) is 14.7. The van der Waals surface area contributed by atoms with Gasteiger partial charge >= 0.3 is 5.97 Å². The van der Waals surface area contributed by atoms with Gasteiger partial charge in [-0.15, -0.1) is 0 Å². The molecule has 3 nitrogen and oxygen atoms in total. The van der Waals surface area contributed by atoms with Crippen LogP contribution < -0.4 is 0 Å². The molecule has 1 aliphatic rings. The molecule has 1 aliphatic heterocycles. The van der Waals surface area contributed by atoms with Crippen molar-refractivity contribution >= 4 is 28.4 Å². The molecular formula is C21H22O3S. The van der Waals surface area contributed by atoms with Crippen molar-refractivity contribution in [2.75, 3.05) is 5.75 Å². The molecule has 1 heterocycles. The lowest BCUT2D eigenvalue weighted by Crippen LogP contribution is -2.27. The maximum absolute atomic E-state index is 12.3. The number of fused-ring (bicyclic) bond motifs is 1. The summed E-state index contributed by atoms with van der Waals surface area (Å²) in [5.41, 5.74) is 4.65. The van der Waals surface area contributed by atoms with Crippen LogP contribution in [0, 0.1) is 0 Å². The first kappa shape index (κ1) is 17.6. The molecule has 25 heavy (non-hydrogen) atoms. The Kier molecular flexibility index (Phi) is 4.65. The van der Waals surface area contributed by atoms with Crippen LogP contribution in [0.1, 0.15) is 54.2 Å². The summed E-state index contributed by atoms with van der Waals surface area (Å²) < 4.78 is 12.3. The SMILES string of the molecule is C/C(=C\c1ccc(C(=O)O)cc1)c1ccc2c(c1)C(C)(C)CCS2=O. The molecule has 1 unspecified atom stereocenters. The number of aromatic carboxylic acids is 1. The van der Waals surface area contributed by atoms with E-state index in [2.05, 4.69) is 19.9 Å². The molecule has 0 aromatic heterocycles. The summed E-state index contributed by atoms with van der Waals surface area (Å²) >= 11 is 0. The first-order valence-electron chi connectivity index (χ1n) is 8.33. The van der Waals surface area contributed by atoms with Gasteiger partial charge in [0.15, 0.2) is 0 Å². The van der Waals surface area contributed by atoms with E-state index in [9.17, 15) is 9.00 Å². The van der Waals surface area contributed by atoms with E-state index in [1.54, 1.807) is 12.1 Å². The van der Waals surface area contributed by atoms with Crippen LogP contribution in [-0.2, 0) is 16.2 Å². The van der Waals surface area contributed by atoms with Crippen molar-refractivity contribution in [2.24, 2.45) is 0 Å². The summed E-state index contributed by atoms with van der Waals surface area (Å²) in [6.07, 6.45) is 2.97. The van der Waals surface area contributed by atoms with Crippen molar-refractivity contribution in [1.29, 1.82) is 0 Å². The molecule has 0 radical (unpaired) electrons. The van der Waals surface area contributed by atoms with E-state index in [1.807, 2.05) is 37.3 Å². The van der Waals surface area contributed by atoms with Gasteiger partial charge in [-0.05, 0) is 65.3 Å². The molecule has 0 saturated carbocycles. The quantitative estimate of drug-likeness (QED) is 0.811. The van der Waals surface area contributed by atoms with Gasteiger partial charge < -0.3 is 5.11 Å². The van der Waals surface area contributed by atoms with E-state index in [0.29, 0.717) is 0 Å². The highest BCUT2D eigenvalue weighted by molar-refractivity contribution is 7.85. The highest BCUT2D eigenvalue weighted by atomic mass is 32.2. The summed E-state index contributed by atoms with van der Waals surface area (Å²) in [5, 5.41) is 8.98. The average Bonchev–Trinajstić information content (AvgIpc) is 2.58. The van der Waals surface area contributed by atoms with Crippen molar-refractivity contribution in [3.05, 3.63) is 64.7 Å². The van der Waals surface area contributed by atoms with Gasteiger partial charge in [0.1, 0.15) is 0 Å². The second-order valence-corrected chi connectivity index (χ2v) is 8.69. The zero-order chi connectivity index (χ0) is 18.2. The zero-order valence-corrected chi connectivity index (χ0v) is 15.5. The molecule has 0 saturated heterocycles. The largest absolute Gasteiger partial charge is 0.478 e. The predicted octanol–water partition coefficient (Wildman–Crippen LogP) is 4.73. The Labute approximate surface area is 150 Å². The van der Waals surface area contributed by atoms with Crippen LogP contribution in [-0.4, -0.2) is 21.0 Å². The molecule has 0 fully saturated rings. The van der Waals surface area contributed by atoms with Gasteiger partial charge in [0, 0.05) is 10.6 Å². The number of carboxylic acids is 1. The van der Waals surface area contributed by atoms with Gasteiger partial charge in [0.2, 0.25) is 0 Å². The standard InChI is InChI=1S/C21H22O3S/c1-14(12-15-4-6-16(7-5-15)20(22)23)17-8-9-19-18(13-17)21(2,3)10-11-25(19)24/h4-9,12-13H,10-11H2,1-3H3,(H,22,23)/b14-12+. The van der Waals surface area contributed by atoms with E-state index < -0.39 is 16.8 Å². The smallest absolute Gasteiger partial charge is 0.335 e. The summed E-state index contributed by atoms with van der Waals surface area (Å²) in [4.78, 5) is 11.9. The number of benzene rings is 2. The Morgan fingerprint density at radius 3 is 2.40 bits per heavy atom.